The lowest BCUT2D eigenvalue weighted by Gasteiger charge is -2.18. The molecule has 6 heteroatoms. The van der Waals surface area contributed by atoms with Crippen LogP contribution in [-0.2, 0) is 19.4 Å². The molecule has 3 heterocycles. The molecule has 0 spiro atoms. The van der Waals surface area contributed by atoms with E-state index in [1.54, 1.807) is 6.33 Å². The third-order valence-electron chi connectivity index (χ3n) is 4.74. The lowest BCUT2D eigenvalue weighted by Crippen LogP contribution is -2.20. The van der Waals surface area contributed by atoms with Crippen molar-refractivity contribution in [3.63, 3.8) is 0 Å². The molecule has 0 unspecified atom stereocenters. The van der Waals surface area contributed by atoms with Crippen molar-refractivity contribution in [2.45, 2.75) is 45.6 Å². The third kappa shape index (κ3) is 2.72. The normalized spacial score (nSPS) is 14.4. The van der Waals surface area contributed by atoms with Crippen molar-refractivity contribution in [2.24, 2.45) is 0 Å². The molecule has 6 nitrogen and oxygen atoms in total. The van der Waals surface area contributed by atoms with Crippen LogP contribution in [0.2, 0.25) is 0 Å². The largest absolute Gasteiger partial charge is 0.352 e. The summed E-state index contributed by atoms with van der Waals surface area (Å²) in [5, 5.41) is 7.82. The molecule has 1 aliphatic carbocycles. The van der Waals surface area contributed by atoms with Gasteiger partial charge < -0.3 is 4.90 Å². The summed E-state index contributed by atoms with van der Waals surface area (Å²) in [7, 11) is 2.05. The second kappa shape index (κ2) is 6.19. The van der Waals surface area contributed by atoms with Crippen LogP contribution in [0.15, 0.2) is 18.5 Å². The Hall–Kier alpha value is -2.50. The molecule has 24 heavy (non-hydrogen) atoms. The van der Waals surface area contributed by atoms with Crippen LogP contribution in [0.25, 0.3) is 11.0 Å². The van der Waals surface area contributed by atoms with Gasteiger partial charge in [-0.25, -0.2) is 15.0 Å². The highest BCUT2D eigenvalue weighted by molar-refractivity contribution is 5.85. The molecule has 1 N–H and O–H groups in total. The van der Waals surface area contributed by atoms with E-state index >= 15 is 0 Å². The van der Waals surface area contributed by atoms with E-state index in [1.165, 1.54) is 30.5 Å². The first kappa shape index (κ1) is 15.1. The van der Waals surface area contributed by atoms with Crippen LogP contribution < -0.4 is 4.90 Å². The highest BCUT2D eigenvalue weighted by Gasteiger charge is 2.18. The lowest BCUT2D eigenvalue weighted by atomic mass is 10.1. The summed E-state index contributed by atoms with van der Waals surface area (Å²) in [6.45, 7) is 2.72. The Morgan fingerprint density at radius 3 is 2.92 bits per heavy atom. The van der Waals surface area contributed by atoms with Crippen LogP contribution in [0.5, 0.6) is 0 Å². The number of aromatic nitrogens is 5. The standard InChI is InChI=1S/C18H22N6/c1-12-8-9-15-17(21-12)18(20-11-19-15)24(2)10-16-13-6-4-3-5-7-14(13)22-23-16/h8-9,11H,3-7,10H2,1-2H3,(H,22,23). The molecular weight excluding hydrogens is 300 g/mol. The number of aromatic amines is 1. The Bertz CT molecular complexity index is 869. The fraction of sp³-hybridized carbons (Fsp3) is 0.444. The minimum atomic E-state index is 0.730. The van der Waals surface area contributed by atoms with Crippen molar-refractivity contribution in [1.82, 2.24) is 25.1 Å². The number of hydrogen-bond acceptors (Lipinski definition) is 5. The Labute approximate surface area is 141 Å². The summed E-state index contributed by atoms with van der Waals surface area (Å²) in [6, 6.07) is 3.98. The number of anilines is 1. The maximum absolute atomic E-state index is 4.63. The number of nitrogens with one attached hydrogen (secondary N) is 1. The maximum atomic E-state index is 4.63. The van der Waals surface area contributed by atoms with Gasteiger partial charge in [-0.15, -0.1) is 0 Å². The van der Waals surface area contributed by atoms with Crippen LogP contribution in [0.1, 0.15) is 41.9 Å². The molecule has 3 aromatic heterocycles. The van der Waals surface area contributed by atoms with E-state index in [1.807, 2.05) is 26.1 Å². The summed E-state index contributed by atoms with van der Waals surface area (Å²) >= 11 is 0. The van der Waals surface area contributed by atoms with Crippen molar-refractivity contribution in [1.29, 1.82) is 0 Å². The fourth-order valence-electron chi connectivity index (χ4n) is 3.46. The van der Waals surface area contributed by atoms with Gasteiger partial charge in [-0.1, -0.05) is 6.42 Å². The highest BCUT2D eigenvalue weighted by Crippen LogP contribution is 2.25. The number of pyridine rings is 1. The molecule has 1 aliphatic rings. The smallest absolute Gasteiger partial charge is 0.158 e. The summed E-state index contributed by atoms with van der Waals surface area (Å²) < 4.78 is 0. The first-order chi connectivity index (χ1) is 11.7. The second-order valence-corrected chi connectivity index (χ2v) is 6.56. The molecule has 3 aromatic rings. The average molecular weight is 322 g/mol. The SMILES string of the molecule is Cc1ccc2ncnc(N(C)Cc3n[nH]c4c3CCCCC4)c2n1. The fourth-order valence-corrected chi connectivity index (χ4v) is 3.46. The van der Waals surface area contributed by atoms with Gasteiger partial charge in [0.1, 0.15) is 11.8 Å². The minimum Gasteiger partial charge on any atom is -0.352 e. The number of nitrogens with zero attached hydrogens (tertiary/aromatic N) is 5. The van der Waals surface area contributed by atoms with Gasteiger partial charge in [0.25, 0.3) is 0 Å². The molecule has 0 aromatic carbocycles. The Kier molecular flexibility index (Phi) is 3.88. The molecule has 0 fully saturated rings. The number of fused-ring (bicyclic) bond motifs is 2. The van der Waals surface area contributed by atoms with E-state index in [2.05, 4.69) is 30.0 Å². The van der Waals surface area contributed by atoms with E-state index in [0.29, 0.717) is 0 Å². The van der Waals surface area contributed by atoms with Crippen molar-refractivity contribution < 1.29 is 0 Å². The van der Waals surface area contributed by atoms with Crippen molar-refractivity contribution in [2.75, 3.05) is 11.9 Å². The number of aryl methyl sites for hydroxylation is 2. The maximum Gasteiger partial charge on any atom is 0.158 e. The quantitative estimate of drug-likeness (QED) is 0.751. The topological polar surface area (TPSA) is 70.6 Å². The summed E-state index contributed by atoms with van der Waals surface area (Å²) in [6.07, 6.45) is 7.65. The Morgan fingerprint density at radius 2 is 2.00 bits per heavy atom. The summed E-state index contributed by atoms with van der Waals surface area (Å²) in [4.78, 5) is 15.6. The lowest BCUT2D eigenvalue weighted by molar-refractivity contribution is 0.697. The monoisotopic (exact) mass is 322 g/mol. The molecule has 0 amide bonds. The van der Waals surface area contributed by atoms with Crippen LogP contribution in [-0.4, -0.2) is 32.2 Å². The van der Waals surface area contributed by atoms with E-state index in [-0.39, 0.29) is 0 Å². The van der Waals surface area contributed by atoms with Gasteiger partial charge in [0.2, 0.25) is 0 Å². The molecule has 0 bridgehead atoms. The predicted octanol–water partition coefficient (Wildman–Crippen LogP) is 2.96. The summed E-state index contributed by atoms with van der Waals surface area (Å²) in [5.74, 6) is 0.856. The summed E-state index contributed by atoms with van der Waals surface area (Å²) in [5.41, 5.74) is 6.55. The van der Waals surface area contributed by atoms with Gasteiger partial charge in [0, 0.05) is 18.4 Å². The van der Waals surface area contributed by atoms with Gasteiger partial charge in [0.15, 0.2) is 5.82 Å². The predicted molar refractivity (Wildman–Crippen MR) is 94.0 cm³/mol. The average Bonchev–Trinajstić information content (AvgIpc) is 2.81. The molecule has 0 radical (unpaired) electrons. The highest BCUT2D eigenvalue weighted by atomic mass is 15.2. The molecule has 0 saturated carbocycles. The Morgan fingerprint density at radius 1 is 1.12 bits per heavy atom. The van der Waals surface area contributed by atoms with E-state index in [4.69, 9.17) is 0 Å². The van der Waals surface area contributed by atoms with Crippen molar-refractivity contribution in [3.8, 4) is 0 Å². The van der Waals surface area contributed by atoms with E-state index in [9.17, 15) is 0 Å². The first-order valence-electron chi connectivity index (χ1n) is 8.57. The van der Waals surface area contributed by atoms with Gasteiger partial charge in [0.05, 0.1) is 17.8 Å². The van der Waals surface area contributed by atoms with E-state index < -0.39 is 0 Å². The van der Waals surface area contributed by atoms with Crippen molar-refractivity contribution in [3.05, 3.63) is 41.1 Å². The third-order valence-corrected chi connectivity index (χ3v) is 4.74. The van der Waals surface area contributed by atoms with Gasteiger partial charge in [-0.3, -0.25) is 5.10 Å². The molecule has 124 valence electrons. The van der Waals surface area contributed by atoms with Crippen molar-refractivity contribution >= 4 is 16.9 Å². The van der Waals surface area contributed by atoms with Crippen LogP contribution >= 0.6 is 0 Å². The van der Waals surface area contributed by atoms with Crippen LogP contribution in [0, 0.1) is 6.92 Å². The Balaban J connectivity index is 1.67. The van der Waals surface area contributed by atoms with E-state index in [0.717, 1.165) is 47.6 Å². The van der Waals surface area contributed by atoms with Crippen LogP contribution in [0.3, 0.4) is 0 Å². The zero-order valence-electron chi connectivity index (χ0n) is 14.2. The van der Waals surface area contributed by atoms with Gasteiger partial charge in [-0.2, -0.15) is 5.10 Å². The number of hydrogen-bond donors (Lipinski definition) is 1. The van der Waals surface area contributed by atoms with Gasteiger partial charge in [-0.05, 0) is 50.3 Å². The number of H-pyrrole nitrogens is 1. The first-order valence-corrected chi connectivity index (χ1v) is 8.57. The molecule has 4 rings (SSSR count). The zero-order chi connectivity index (χ0) is 16.5. The molecule has 0 atom stereocenters. The van der Waals surface area contributed by atoms with Crippen LogP contribution in [0.4, 0.5) is 5.82 Å². The molecule has 0 aliphatic heterocycles. The molecule has 0 saturated heterocycles. The molecular formula is C18H22N6. The van der Waals surface area contributed by atoms with Gasteiger partial charge >= 0.3 is 0 Å². The minimum absolute atomic E-state index is 0.730. The number of rotatable bonds is 3. The second-order valence-electron chi connectivity index (χ2n) is 6.56. The zero-order valence-corrected chi connectivity index (χ0v) is 14.2.